The van der Waals surface area contributed by atoms with Gasteiger partial charge >= 0.3 is 0 Å². The largest absolute Gasteiger partial charge is 0.477 e. The highest BCUT2D eigenvalue weighted by Crippen LogP contribution is 2.21. The number of aromatic nitrogens is 4. The maximum absolute atomic E-state index is 5.30. The Labute approximate surface area is 97.8 Å². The Balaban J connectivity index is 2.01. The first-order valence-electron chi connectivity index (χ1n) is 5.50. The molecule has 2 aromatic heterocycles. The van der Waals surface area contributed by atoms with Crippen LogP contribution in [0.25, 0.3) is 22.6 Å². The highest BCUT2D eigenvalue weighted by molar-refractivity contribution is 5.78. The Hall–Kier alpha value is -2.30. The molecule has 2 N–H and O–H groups in total. The minimum Gasteiger partial charge on any atom is -0.477 e. The molecule has 3 aromatic rings. The third-order valence-corrected chi connectivity index (χ3v) is 2.49. The number of benzene rings is 1. The van der Waals surface area contributed by atoms with Crippen LogP contribution in [0.5, 0.6) is 5.88 Å². The maximum Gasteiger partial charge on any atom is 0.233 e. The van der Waals surface area contributed by atoms with E-state index in [1.807, 2.05) is 37.3 Å². The van der Waals surface area contributed by atoms with Crippen LogP contribution in [-0.4, -0.2) is 26.8 Å². The van der Waals surface area contributed by atoms with Gasteiger partial charge in [0.15, 0.2) is 5.82 Å². The predicted octanol–water partition coefficient (Wildman–Crippen LogP) is 2.35. The highest BCUT2D eigenvalue weighted by atomic mass is 16.5. The molecule has 0 saturated carbocycles. The molecule has 3 rings (SSSR count). The van der Waals surface area contributed by atoms with Crippen molar-refractivity contribution in [2.24, 2.45) is 0 Å². The monoisotopic (exact) mass is 228 g/mol. The molecule has 0 bridgehead atoms. The van der Waals surface area contributed by atoms with E-state index in [-0.39, 0.29) is 0 Å². The van der Waals surface area contributed by atoms with Crippen LogP contribution in [0, 0.1) is 0 Å². The van der Waals surface area contributed by atoms with Crippen molar-refractivity contribution in [1.82, 2.24) is 20.2 Å². The fraction of sp³-hybridized carbons (Fsp3) is 0.167. The zero-order valence-electron chi connectivity index (χ0n) is 9.40. The molecule has 0 unspecified atom stereocenters. The number of aromatic amines is 2. The Kier molecular flexibility index (Phi) is 2.29. The third-order valence-electron chi connectivity index (χ3n) is 2.49. The van der Waals surface area contributed by atoms with Gasteiger partial charge in [-0.1, -0.05) is 12.1 Å². The zero-order valence-corrected chi connectivity index (χ0v) is 9.40. The van der Waals surface area contributed by atoms with Crippen molar-refractivity contribution in [3.05, 3.63) is 30.3 Å². The molecule has 17 heavy (non-hydrogen) atoms. The molecule has 0 aliphatic carbocycles. The summed E-state index contributed by atoms with van der Waals surface area (Å²) in [4.78, 5) is 7.70. The van der Waals surface area contributed by atoms with Crippen molar-refractivity contribution < 1.29 is 4.74 Å². The number of nitrogens with zero attached hydrogens (tertiary/aromatic N) is 2. The van der Waals surface area contributed by atoms with Crippen LogP contribution in [0.1, 0.15) is 6.92 Å². The lowest BCUT2D eigenvalue weighted by molar-refractivity contribution is 0.326. The van der Waals surface area contributed by atoms with Crippen LogP contribution in [-0.2, 0) is 0 Å². The van der Waals surface area contributed by atoms with Crippen LogP contribution in [0.3, 0.4) is 0 Å². The van der Waals surface area contributed by atoms with Crippen molar-refractivity contribution in [2.75, 3.05) is 6.61 Å². The van der Waals surface area contributed by atoms with Gasteiger partial charge in [0, 0.05) is 6.07 Å². The van der Waals surface area contributed by atoms with Crippen LogP contribution in [0.15, 0.2) is 30.3 Å². The summed E-state index contributed by atoms with van der Waals surface area (Å²) in [6, 6.07) is 9.73. The molecule has 0 amide bonds. The summed E-state index contributed by atoms with van der Waals surface area (Å²) in [6.45, 7) is 2.53. The molecule has 5 nitrogen and oxygen atoms in total. The average molecular weight is 228 g/mol. The molecular weight excluding hydrogens is 216 g/mol. The minimum atomic E-state index is 0.586. The molecule has 0 atom stereocenters. The third kappa shape index (κ3) is 1.75. The molecule has 86 valence electrons. The summed E-state index contributed by atoms with van der Waals surface area (Å²) >= 11 is 0. The fourth-order valence-electron chi connectivity index (χ4n) is 1.73. The SMILES string of the molecule is CCOc1cc(-c2nc3ccccc3[nH]2)[nH]n1. The molecule has 0 saturated heterocycles. The topological polar surface area (TPSA) is 66.6 Å². The summed E-state index contributed by atoms with van der Waals surface area (Å²) in [5.41, 5.74) is 2.77. The summed E-state index contributed by atoms with van der Waals surface area (Å²) in [6.07, 6.45) is 0. The van der Waals surface area contributed by atoms with E-state index in [2.05, 4.69) is 20.2 Å². The standard InChI is InChI=1S/C12H12N4O/c1-2-17-11-7-10(15-16-11)12-13-8-5-3-4-6-9(8)14-12/h3-7H,2H2,1H3,(H,13,14)(H,15,16). The summed E-state index contributed by atoms with van der Waals surface area (Å²) in [7, 11) is 0. The van der Waals surface area contributed by atoms with Crippen molar-refractivity contribution in [3.63, 3.8) is 0 Å². The Morgan fingerprint density at radius 2 is 2.18 bits per heavy atom. The second-order valence-electron chi connectivity index (χ2n) is 3.66. The van der Waals surface area contributed by atoms with Gasteiger partial charge in [0.2, 0.25) is 5.88 Å². The number of imidazole rings is 1. The molecule has 0 aliphatic heterocycles. The Bertz CT molecular complexity index is 608. The van der Waals surface area contributed by atoms with Crippen LogP contribution in [0.2, 0.25) is 0 Å². The van der Waals surface area contributed by atoms with E-state index in [0.717, 1.165) is 22.6 Å². The number of hydrogen-bond acceptors (Lipinski definition) is 3. The van der Waals surface area contributed by atoms with Gasteiger partial charge in [-0.05, 0) is 19.1 Å². The number of H-pyrrole nitrogens is 2. The molecule has 2 heterocycles. The van der Waals surface area contributed by atoms with Gasteiger partial charge in [0.1, 0.15) is 5.69 Å². The van der Waals surface area contributed by atoms with E-state index in [4.69, 9.17) is 4.74 Å². The van der Waals surface area contributed by atoms with E-state index >= 15 is 0 Å². The second kappa shape index (κ2) is 3.93. The predicted molar refractivity (Wildman–Crippen MR) is 64.8 cm³/mol. The van der Waals surface area contributed by atoms with E-state index < -0.39 is 0 Å². The van der Waals surface area contributed by atoms with Crippen molar-refractivity contribution in [3.8, 4) is 17.4 Å². The van der Waals surface area contributed by atoms with Gasteiger partial charge < -0.3 is 9.72 Å². The highest BCUT2D eigenvalue weighted by Gasteiger charge is 2.08. The molecule has 0 spiro atoms. The summed E-state index contributed by atoms with van der Waals surface area (Å²) in [5.74, 6) is 1.35. The van der Waals surface area contributed by atoms with Crippen molar-refractivity contribution in [1.29, 1.82) is 0 Å². The number of ether oxygens (including phenoxy) is 1. The molecule has 0 aliphatic rings. The lowest BCUT2D eigenvalue weighted by Crippen LogP contribution is -1.90. The number of fused-ring (bicyclic) bond motifs is 1. The smallest absolute Gasteiger partial charge is 0.233 e. The first-order valence-corrected chi connectivity index (χ1v) is 5.50. The van der Waals surface area contributed by atoms with Crippen LogP contribution >= 0.6 is 0 Å². The van der Waals surface area contributed by atoms with E-state index in [0.29, 0.717) is 12.5 Å². The summed E-state index contributed by atoms with van der Waals surface area (Å²) in [5, 5.41) is 6.94. The minimum absolute atomic E-state index is 0.586. The fourth-order valence-corrected chi connectivity index (χ4v) is 1.73. The first-order chi connectivity index (χ1) is 8.36. The van der Waals surface area contributed by atoms with Crippen LogP contribution < -0.4 is 4.74 Å². The normalized spacial score (nSPS) is 10.9. The Morgan fingerprint density at radius 3 is 3.00 bits per heavy atom. The van der Waals surface area contributed by atoms with Gasteiger partial charge in [-0.25, -0.2) is 4.98 Å². The molecule has 1 aromatic carbocycles. The van der Waals surface area contributed by atoms with Gasteiger partial charge in [0.05, 0.1) is 17.6 Å². The van der Waals surface area contributed by atoms with E-state index in [9.17, 15) is 0 Å². The lowest BCUT2D eigenvalue weighted by atomic mass is 10.3. The number of rotatable bonds is 3. The molecule has 0 radical (unpaired) electrons. The van der Waals surface area contributed by atoms with Gasteiger partial charge in [-0.3, -0.25) is 5.10 Å². The Morgan fingerprint density at radius 1 is 1.29 bits per heavy atom. The van der Waals surface area contributed by atoms with E-state index in [1.165, 1.54) is 0 Å². The number of hydrogen-bond donors (Lipinski definition) is 2. The molecular formula is C12H12N4O. The van der Waals surface area contributed by atoms with E-state index in [1.54, 1.807) is 0 Å². The van der Waals surface area contributed by atoms with Crippen LogP contribution in [0.4, 0.5) is 0 Å². The summed E-state index contributed by atoms with van der Waals surface area (Å²) < 4.78 is 5.30. The zero-order chi connectivity index (χ0) is 11.7. The lowest BCUT2D eigenvalue weighted by Gasteiger charge is -1.92. The van der Waals surface area contributed by atoms with Gasteiger partial charge in [0.25, 0.3) is 0 Å². The second-order valence-corrected chi connectivity index (χ2v) is 3.66. The first kappa shape index (κ1) is 9.89. The number of nitrogens with one attached hydrogen (secondary N) is 2. The van der Waals surface area contributed by atoms with Crippen molar-refractivity contribution in [2.45, 2.75) is 6.92 Å². The maximum atomic E-state index is 5.30. The number of para-hydroxylation sites is 2. The molecule has 0 fully saturated rings. The van der Waals surface area contributed by atoms with Gasteiger partial charge in [-0.2, -0.15) is 0 Å². The van der Waals surface area contributed by atoms with Gasteiger partial charge in [-0.15, -0.1) is 5.10 Å². The quantitative estimate of drug-likeness (QED) is 0.723. The molecule has 5 heteroatoms. The van der Waals surface area contributed by atoms with Crippen molar-refractivity contribution >= 4 is 11.0 Å². The average Bonchev–Trinajstić information content (AvgIpc) is 2.94.